The standard InChI is InChI=1S/C15H13Cl3N4O/c1-6(2)12-13-14(22-21-12)15(23)20-10(19-13)5-7-8(16)3-4-9(17)11(7)18/h3-4,6H,5H2,1-2H3,(H,21,22)(H,19,20,23). The van der Waals surface area contributed by atoms with E-state index in [0.717, 1.165) is 5.69 Å². The smallest absolute Gasteiger partial charge is 0.279 e. The number of rotatable bonds is 3. The second-order valence-electron chi connectivity index (χ2n) is 5.50. The van der Waals surface area contributed by atoms with Crippen molar-refractivity contribution in [3.05, 3.63) is 54.6 Å². The zero-order valence-electron chi connectivity index (χ0n) is 12.4. The van der Waals surface area contributed by atoms with Crippen LogP contribution in [0.4, 0.5) is 0 Å². The van der Waals surface area contributed by atoms with Gasteiger partial charge in [0.15, 0.2) is 5.52 Å². The molecule has 0 amide bonds. The van der Waals surface area contributed by atoms with Crippen LogP contribution >= 0.6 is 34.8 Å². The van der Waals surface area contributed by atoms with Gasteiger partial charge in [-0.15, -0.1) is 0 Å². The molecular formula is C15H13Cl3N4O. The van der Waals surface area contributed by atoms with E-state index in [1.807, 2.05) is 13.8 Å². The predicted octanol–water partition coefficient (Wildman–Crippen LogP) is 4.32. The van der Waals surface area contributed by atoms with E-state index in [1.165, 1.54) is 0 Å². The van der Waals surface area contributed by atoms with Gasteiger partial charge in [0, 0.05) is 11.4 Å². The van der Waals surface area contributed by atoms with Crippen LogP contribution in [0.15, 0.2) is 16.9 Å². The van der Waals surface area contributed by atoms with Crippen molar-refractivity contribution in [1.29, 1.82) is 0 Å². The Hall–Kier alpha value is -1.56. The third-order valence-corrected chi connectivity index (χ3v) is 4.75. The van der Waals surface area contributed by atoms with Gasteiger partial charge in [-0.05, 0) is 23.6 Å². The Morgan fingerprint density at radius 1 is 1.13 bits per heavy atom. The molecule has 0 atom stereocenters. The van der Waals surface area contributed by atoms with Crippen molar-refractivity contribution in [2.24, 2.45) is 0 Å². The fraction of sp³-hybridized carbons (Fsp3) is 0.267. The number of H-pyrrole nitrogens is 2. The van der Waals surface area contributed by atoms with Crippen LogP contribution < -0.4 is 5.56 Å². The summed E-state index contributed by atoms with van der Waals surface area (Å²) in [6.45, 7) is 4.00. The highest BCUT2D eigenvalue weighted by Gasteiger charge is 2.17. The van der Waals surface area contributed by atoms with Crippen molar-refractivity contribution < 1.29 is 0 Å². The number of aromatic amines is 2. The number of hydrogen-bond donors (Lipinski definition) is 2. The molecular weight excluding hydrogens is 359 g/mol. The van der Waals surface area contributed by atoms with Crippen molar-refractivity contribution in [3.8, 4) is 0 Å². The summed E-state index contributed by atoms with van der Waals surface area (Å²) in [6.07, 6.45) is 0.270. The first-order valence-electron chi connectivity index (χ1n) is 6.98. The van der Waals surface area contributed by atoms with Gasteiger partial charge in [-0.2, -0.15) is 5.10 Å². The quantitative estimate of drug-likeness (QED) is 0.673. The van der Waals surface area contributed by atoms with E-state index in [4.69, 9.17) is 34.8 Å². The van der Waals surface area contributed by atoms with Crippen LogP contribution in [0.5, 0.6) is 0 Å². The normalized spacial score (nSPS) is 11.6. The van der Waals surface area contributed by atoms with Crippen LogP contribution in [-0.2, 0) is 6.42 Å². The Bertz CT molecular complexity index is 946. The molecule has 23 heavy (non-hydrogen) atoms. The lowest BCUT2D eigenvalue weighted by molar-refractivity contribution is 0.814. The van der Waals surface area contributed by atoms with Crippen molar-refractivity contribution in [3.63, 3.8) is 0 Å². The molecule has 5 nitrogen and oxygen atoms in total. The molecule has 2 N–H and O–H groups in total. The van der Waals surface area contributed by atoms with E-state index < -0.39 is 0 Å². The van der Waals surface area contributed by atoms with Gasteiger partial charge >= 0.3 is 0 Å². The molecule has 0 saturated heterocycles. The Morgan fingerprint density at radius 2 is 1.83 bits per heavy atom. The third-order valence-electron chi connectivity index (χ3n) is 3.55. The maximum absolute atomic E-state index is 12.2. The molecule has 0 aliphatic rings. The average molecular weight is 372 g/mol. The summed E-state index contributed by atoms with van der Waals surface area (Å²) in [7, 11) is 0. The number of nitrogens with zero attached hydrogens (tertiary/aromatic N) is 2. The number of benzene rings is 1. The highest BCUT2D eigenvalue weighted by atomic mass is 35.5. The Balaban J connectivity index is 2.13. The van der Waals surface area contributed by atoms with E-state index in [-0.39, 0.29) is 17.9 Å². The van der Waals surface area contributed by atoms with Gasteiger partial charge in [0.2, 0.25) is 0 Å². The van der Waals surface area contributed by atoms with Crippen LogP contribution in [0, 0.1) is 0 Å². The van der Waals surface area contributed by atoms with Crippen LogP contribution in [0.2, 0.25) is 15.1 Å². The van der Waals surface area contributed by atoms with Crippen LogP contribution in [0.1, 0.15) is 36.8 Å². The van der Waals surface area contributed by atoms with E-state index in [1.54, 1.807) is 12.1 Å². The summed E-state index contributed by atoms with van der Waals surface area (Å²) in [5.41, 5.74) is 1.99. The molecule has 3 aromatic rings. The fourth-order valence-electron chi connectivity index (χ4n) is 2.36. The molecule has 1 aromatic carbocycles. The van der Waals surface area contributed by atoms with Crippen molar-refractivity contribution >= 4 is 45.8 Å². The number of halogens is 3. The van der Waals surface area contributed by atoms with Gasteiger partial charge in [-0.1, -0.05) is 48.7 Å². The summed E-state index contributed by atoms with van der Waals surface area (Å²) in [6, 6.07) is 3.29. The van der Waals surface area contributed by atoms with Crippen molar-refractivity contribution in [2.45, 2.75) is 26.2 Å². The maximum Gasteiger partial charge on any atom is 0.279 e. The predicted molar refractivity (Wildman–Crippen MR) is 92.9 cm³/mol. The van der Waals surface area contributed by atoms with Crippen molar-refractivity contribution in [2.75, 3.05) is 0 Å². The molecule has 0 unspecified atom stereocenters. The van der Waals surface area contributed by atoms with E-state index in [9.17, 15) is 4.79 Å². The zero-order chi connectivity index (χ0) is 16.7. The number of fused-ring (bicyclic) bond motifs is 1. The maximum atomic E-state index is 12.2. The highest BCUT2D eigenvalue weighted by Crippen LogP contribution is 2.32. The van der Waals surface area contributed by atoms with E-state index in [2.05, 4.69) is 20.2 Å². The van der Waals surface area contributed by atoms with Crippen LogP contribution in [0.3, 0.4) is 0 Å². The number of aromatic nitrogens is 4. The highest BCUT2D eigenvalue weighted by molar-refractivity contribution is 6.44. The minimum Gasteiger partial charge on any atom is -0.308 e. The van der Waals surface area contributed by atoms with Gasteiger partial charge in [-0.3, -0.25) is 9.89 Å². The summed E-state index contributed by atoms with van der Waals surface area (Å²) >= 11 is 18.4. The van der Waals surface area contributed by atoms with E-state index >= 15 is 0 Å². The van der Waals surface area contributed by atoms with Gasteiger partial charge in [0.25, 0.3) is 5.56 Å². The number of hydrogen-bond acceptors (Lipinski definition) is 3. The Labute approximate surface area is 147 Å². The summed E-state index contributed by atoms with van der Waals surface area (Å²) in [4.78, 5) is 19.4. The van der Waals surface area contributed by atoms with Gasteiger partial charge in [-0.25, -0.2) is 4.98 Å². The molecule has 3 rings (SSSR count). The molecule has 0 spiro atoms. The molecule has 2 heterocycles. The monoisotopic (exact) mass is 370 g/mol. The first-order valence-corrected chi connectivity index (χ1v) is 8.11. The minimum absolute atomic E-state index is 0.167. The molecule has 0 aliphatic heterocycles. The van der Waals surface area contributed by atoms with Crippen LogP contribution in [-0.4, -0.2) is 20.2 Å². The van der Waals surface area contributed by atoms with Crippen LogP contribution in [0.25, 0.3) is 11.0 Å². The number of nitrogens with one attached hydrogen (secondary N) is 2. The first kappa shape index (κ1) is 16.3. The lowest BCUT2D eigenvalue weighted by Crippen LogP contribution is -2.12. The van der Waals surface area contributed by atoms with Gasteiger partial charge in [0.05, 0.1) is 15.7 Å². The SMILES string of the molecule is CC(C)c1[nH]nc2c(=O)[nH]c(Cc3c(Cl)ccc(Cl)c3Cl)nc12. The lowest BCUT2D eigenvalue weighted by atomic mass is 10.1. The second kappa shape index (κ2) is 6.15. The molecule has 0 bridgehead atoms. The largest absolute Gasteiger partial charge is 0.308 e. The molecule has 0 fully saturated rings. The molecule has 0 radical (unpaired) electrons. The first-order chi connectivity index (χ1) is 10.9. The molecule has 0 aliphatic carbocycles. The van der Waals surface area contributed by atoms with Gasteiger partial charge in [0.1, 0.15) is 11.3 Å². The fourth-order valence-corrected chi connectivity index (χ4v) is 3.04. The summed E-state index contributed by atoms with van der Waals surface area (Å²) in [5.74, 6) is 0.623. The molecule has 2 aromatic heterocycles. The van der Waals surface area contributed by atoms with Crippen molar-refractivity contribution in [1.82, 2.24) is 20.2 Å². The Kier molecular flexibility index (Phi) is 4.36. The molecule has 120 valence electrons. The summed E-state index contributed by atoms with van der Waals surface area (Å²) in [5, 5.41) is 8.14. The zero-order valence-corrected chi connectivity index (χ0v) is 14.6. The molecule has 8 heteroatoms. The summed E-state index contributed by atoms with van der Waals surface area (Å²) < 4.78 is 0. The molecule has 0 saturated carbocycles. The minimum atomic E-state index is -0.303. The third kappa shape index (κ3) is 2.96. The topological polar surface area (TPSA) is 74.4 Å². The lowest BCUT2D eigenvalue weighted by Gasteiger charge is -2.08. The Morgan fingerprint density at radius 3 is 2.52 bits per heavy atom. The van der Waals surface area contributed by atoms with Gasteiger partial charge < -0.3 is 4.98 Å². The van der Waals surface area contributed by atoms with E-state index in [0.29, 0.717) is 37.5 Å². The second-order valence-corrected chi connectivity index (χ2v) is 6.69. The average Bonchev–Trinajstić information content (AvgIpc) is 2.92.